The lowest BCUT2D eigenvalue weighted by Gasteiger charge is -2.23. The van der Waals surface area contributed by atoms with Crippen LogP contribution in [0.3, 0.4) is 0 Å². The number of esters is 1. The van der Waals surface area contributed by atoms with Crippen molar-refractivity contribution >= 4 is 17.8 Å². The number of hydrogen-bond acceptors (Lipinski definition) is 6. The van der Waals surface area contributed by atoms with E-state index in [1.165, 1.54) is 32.2 Å². The van der Waals surface area contributed by atoms with Gasteiger partial charge in [-0.1, -0.05) is 0 Å². The molecule has 1 rings (SSSR count). The molecule has 8 heteroatoms. The van der Waals surface area contributed by atoms with E-state index in [1.807, 2.05) is 20.8 Å². The number of methoxy groups -OCH3 is 2. The van der Waals surface area contributed by atoms with Crippen molar-refractivity contribution in [3.63, 3.8) is 0 Å². The monoisotopic (exact) mass is 366 g/mol. The number of amides is 2. The summed E-state index contributed by atoms with van der Waals surface area (Å²) in [6, 6.07) is 4.62. The van der Waals surface area contributed by atoms with Gasteiger partial charge in [0.2, 0.25) is 5.91 Å². The van der Waals surface area contributed by atoms with Crippen molar-refractivity contribution in [2.24, 2.45) is 0 Å². The molecule has 1 aromatic carbocycles. The Balaban J connectivity index is 2.61. The Morgan fingerprint density at radius 2 is 1.77 bits per heavy atom. The van der Waals surface area contributed by atoms with Crippen LogP contribution in [0, 0.1) is 0 Å². The zero-order valence-electron chi connectivity index (χ0n) is 16.0. The summed E-state index contributed by atoms with van der Waals surface area (Å²) in [7, 11) is 4.38. The van der Waals surface area contributed by atoms with Gasteiger partial charge in [0.1, 0.15) is 17.1 Å². The third-order valence-corrected chi connectivity index (χ3v) is 3.28. The molecule has 0 saturated heterocycles. The molecule has 0 heterocycles. The van der Waals surface area contributed by atoms with E-state index >= 15 is 0 Å². The molecular weight excluding hydrogens is 340 g/mol. The predicted molar refractivity (Wildman–Crippen MR) is 95.4 cm³/mol. The summed E-state index contributed by atoms with van der Waals surface area (Å²) in [6.07, 6.45) is 0. The van der Waals surface area contributed by atoms with Gasteiger partial charge in [0, 0.05) is 18.7 Å². The Morgan fingerprint density at radius 1 is 1.12 bits per heavy atom. The highest BCUT2D eigenvalue weighted by Crippen LogP contribution is 2.25. The molecule has 8 nitrogen and oxygen atoms in total. The largest absolute Gasteiger partial charge is 0.497 e. The third kappa shape index (κ3) is 6.62. The molecule has 0 saturated carbocycles. The Kier molecular flexibility index (Phi) is 7.42. The lowest BCUT2D eigenvalue weighted by Crippen LogP contribution is -2.46. The zero-order chi connectivity index (χ0) is 19.9. The number of carbonyl (C=O) groups is 3. The molecule has 0 aromatic heterocycles. The van der Waals surface area contributed by atoms with E-state index in [9.17, 15) is 14.4 Å². The van der Waals surface area contributed by atoms with Gasteiger partial charge in [0.25, 0.3) is 5.91 Å². The highest BCUT2D eigenvalue weighted by molar-refractivity contribution is 5.94. The van der Waals surface area contributed by atoms with Gasteiger partial charge in [-0.2, -0.15) is 0 Å². The van der Waals surface area contributed by atoms with Crippen LogP contribution in [0.15, 0.2) is 18.2 Å². The number of benzene rings is 1. The van der Waals surface area contributed by atoms with Gasteiger partial charge in [-0.25, -0.2) is 4.79 Å². The molecular formula is C18H26N2O6. The number of nitrogens with zero attached hydrogens (tertiary/aromatic N) is 1. The highest BCUT2D eigenvalue weighted by Gasteiger charge is 2.20. The van der Waals surface area contributed by atoms with Crippen LogP contribution in [0.2, 0.25) is 0 Å². The van der Waals surface area contributed by atoms with Crippen LogP contribution in [0.1, 0.15) is 31.1 Å². The smallest absolute Gasteiger partial charge is 0.342 e. The molecule has 0 aliphatic carbocycles. The van der Waals surface area contributed by atoms with E-state index in [1.54, 1.807) is 12.1 Å². The van der Waals surface area contributed by atoms with Gasteiger partial charge in [0.05, 0.1) is 20.8 Å². The number of carbonyl (C=O) groups excluding carboxylic acids is 3. The second-order valence-electron chi connectivity index (χ2n) is 6.69. The van der Waals surface area contributed by atoms with E-state index in [0.29, 0.717) is 5.75 Å². The summed E-state index contributed by atoms with van der Waals surface area (Å²) in [6.45, 7) is 4.93. The second-order valence-corrected chi connectivity index (χ2v) is 6.69. The lowest BCUT2D eigenvalue weighted by atomic mass is 10.1. The number of ether oxygens (including phenoxy) is 3. The van der Waals surface area contributed by atoms with Crippen molar-refractivity contribution in [3.8, 4) is 11.5 Å². The van der Waals surface area contributed by atoms with E-state index in [-0.39, 0.29) is 23.8 Å². The summed E-state index contributed by atoms with van der Waals surface area (Å²) in [5.74, 6) is -0.685. The van der Waals surface area contributed by atoms with Crippen molar-refractivity contribution in [1.29, 1.82) is 0 Å². The van der Waals surface area contributed by atoms with Gasteiger partial charge in [-0.05, 0) is 32.9 Å². The molecule has 144 valence electrons. The topological polar surface area (TPSA) is 94.2 Å². The maximum absolute atomic E-state index is 12.2. The Morgan fingerprint density at radius 3 is 2.31 bits per heavy atom. The Labute approximate surface area is 153 Å². The van der Waals surface area contributed by atoms with Crippen LogP contribution in [0.4, 0.5) is 0 Å². The molecule has 1 aromatic rings. The van der Waals surface area contributed by atoms with Crippen molar-refractivity contribution in [2.45, 2.75) is 26.3 Å². The third-order valence-electron chi connectivity index (χ3n) is 3.28. The number of likely N-dealkylation sites (N-methyl/N-ethyl adjacent to an activating group) is 1. The minimum Gasteiger partial charge on any atom is -0.497 e. The Bertz CT molecular complexity index is 666. The summed E-state index contributed by atoms with van der Waals surface area (Å²) >= 11 is 0. The SMILES string of the molecule is COc1ccc(C(=O)OCC(=O)N(C)CC(=O)NC(C)(C)C)c(OC)c1. The molecule has 0 unspecified atom stereocenters. The van der Waals surface area contributed by atoms with Crippen LogP contribution < -0.4 is 14.8 Å². The zero-order valence-corrected chi connectivity index (χ0v) is 16.0. The fourth-order valence-corrected chi connectivity index (χ4v) is 2.04. The molecule has 2 amide bonds. The predicted octanol–water partition coefficient (Wildman–Crippen LogP) is 1.23. The molecule has 0 fully saturated rings. The normalized spacial score (nSPS) is 10.7. The van der Waals surface area contributed by atoms with Crippen LogP contribution in [-0.2, 0) is 14.3 Å². The number of nitrogens with one attached hydrogen (secondary N) is 1. The summed E-state index contributed by atoms with van der Waals surface area (Å²) < 4.78 is 15.2. The van der Waals surface area contributed by atoms with Gasteiger partial charge >= 0.3 is 5.97 Å². The van der Waals surface area contributed by atoms with Crippen molar-refractivity contribution in [1.82, 2.24) is 10.2 Å². The van der Waals surface area contributed by atoms with Gasteiger partial charge in [-0.3, -0.25) is 9.59 Å². The fourth-order valence-electron chi connectivity index (χ4n) is 2.04. The van der Waals surface area contributed by atoms with Gasteiger partial charge in [-0.15, -0.1) is 0 Å². The molecule has 0 radical (unpaired) electrons. The van der Waals surface area contributed by atoms with Crippen LogP contribution in [0.5, 0.6) is 11.5 Å². The molecule has 0 spiro atoms. The number of hydrogen-bond donors (Lipinski definition) is 1. The standard InChI is InChI=1S/C18H26N2O6/c1-18(2,3)19-15(21)10-20(4)16(22)11-26-17(23)13-8-7-12(24-5)9-14(13)25-6/h7-9H,10-11H2,1-6H3,(H,19,21). The van der Waals surface area contributed by atoms with Gasteiger partial charge in [0.15, 0.2) is 6.61 Å². The van der Waals surface area contributed by atoms with E-state index < -0.39 is 24.0 Å². The molecule has 0 aliphatic rings. The van der Waals surface area contributed by atoms with E-state index in [0.717, 1.165) is 0 Å². The maximum atomic E-state index is 12.2. The van der Waals surface area contributed by atoms with Crippen LogP contribution >= 0.6 is 0 Å². The average Bonchev–Trinajstić information content (AvgIpc) is 2.56. The molecule has 1 N–H and O–H groups in total. The minimum absolute atomic E-state index is 0.125. The molecule has 0 atom stereocenters. The quantitative estimate of drug-likeness (QED) is 0.730. The van der Waals surface area contributed by atoms with E-state index in [4.69, 9.17) is 14.2 Å². The van der Waals surface area contributed by atoms with Crippen LogP contribution in [-0.4, -0.2) is 62.6 Å². The first kappa shape index (κ1) is 21.3. The van der Waals surface area contributed by atoms with E-state index in [2.05, 4.69) is 5.32 Å². The summed E-state index contributed by atoms with van der Waals surface area (Å²) in [5.41, 5.74) is -0.215. The van der Waals surface area contributed by atoms with Crippen LogP contribution in [0.25, 0.3) is 0 Å². The molecule has 0 aliphatic heterocycles. The van der Waals surface area contributed by atoms with Gasteiger partial charge < -0.3 is 24.4 Å². The minimum atomic E-state index is -0.703. The summed E-state index contributed by atoms with van der Waals surface area (Å²) in [5, 5.41) is 2.75. The van der Waals surface area contributed by atoms with Crippen molar-refractivity contribution in [3.05, 3.63) is 23.8 Å². The maximum Gasteiger partial charge on any atom is 0.342 e. The first-order valence-electron chi connectivity index (χ1n) is 8.01. The van der Waals surface area contributed by atoms with Crippen molar-refractivity contribution in [2.75, 3.05) is 34.4 Å². The first-order chi connectivity index (χ1) is 12.1. The fraction of sp³-hybridized carbons (Fsp3) is 0.500. The Hall–Kier alpha value is -2.77. The number of rotatable bonds is 7. The molecule has 26 heavy (non-hydrogen) atoms. The molecule has 0 bridgehead atoms. The first-order valence-corrected chi connectivity index (χ1v) is 8.01. The second kappa shape index (κ2) is 9.07. The average molecular weight is 366 g/mol. The van der Waals surface area contributed by atoms with Crippen molar-refractivity contribution < 1.29 is 28.6 Å². The summed E-state index contributed by atoms with van der Waals surface area (Å²) in [4.78, 5) is 37.3. The highest BCUT2D eigenvalue weighted by atomic mass is 16.5. The lowest BCUT2D eigenvalue weighted by molar-refractivity contribution is -0.137.